The van der Waals surface area contributed by atoms with E-state index in [2.05, 4.69) is 25.4 Å². The number of pyridine rings is 1. The summed E-state index contributed by atoms with van der Waals surface area (Å²) in [7, 11) is 1.62. The lowest BCUT2D eigenvalue weighted by atomic mass is 10.2. The van der Waals surface area contributed by atoms with Crippen molar-refractivity contribution in [3.8, 4) is 23.0 Å². The molecule has 0 amide bonds. The summed E-state index contributed by atoms with van der Waals surface area (Å²) in [6, 6.07) is 13.5. The van der Waals surface area contributed by atoms with Gasteiger partial charge in [-0.1, -0.05) is 0 Å². The van der Waals surface area contributed by atoms with Crippen LogP contribution in [0, 0.1) is 20.8 Å². The third kappa shape index (κ3) is 4.70. The molecule has 0 atom stereocenters. The highest BCUT2D eigenvalue weighted by Gasteiger charge is 2.16. The second kappa shape index (κ2) is 9.21. The number of fused-ring (bicyclic) bond motifs is 2. The highest BCUT2D eigenvalue weighted by atomic mass is 32.1. The maximum absolute atomic E-state index is 6.20. The van der Waals surface area contributed by atoms with Gasteiger partial charge in [0.25, 0.3) is 0 Å². The van der Waals surface area contributed by atoms with Crippen LogP contribution in [0.2, 0.25) is 0 Å². The van der Waals surface area contributed by atoms with Gasteiger partial charge >= 0.3 is 0 Å². The Labute approximate surface area is 216 Å². The standard InChI is InChI=1S/C27H24N6O3S/c1-15-7-17(3)28-25(8-15)31-27-29-18(14-37-27)13-35-22-9-19(34-4)10-23-20(22)11-24(36-23)21-12-33-26(30-21)6-5-16(2)32-33/h5-12,14H,13H2,1-4H3,(H,28,29,31). The molecule has 0 saturated heterocycles. The van der Waals surface area contributed by atoms with E-state index < -0.39 is 0 Å². The van der Waals surface area contributed by atoms with E-state index in [0.29, 0.717) is 35.1 Å². The zero-order chi connectivity index (χ0) is 25.5. The minimum absolute atomic E-state index is 0.290. The summed E-state index contributed by atoms with van der Waals surface area (Å²) in [5.41, 5.74) is 5.90. The van der Waals surface area contributed by atoms with E-state index >= 15 is 0 Å². The van der Waals surface area contributed by atoms with Crippen molar-refractivity contribution in [2.45, 2.75) is 27.4 Å². The lowest BCUT2D eigenvalue weighted by Crippen LogP contribution is -1.98. The number of rotatable bonds is 7. The van der Waals surface area contributed by atoms with Crippen LogP contribution in [0.1, 0.15) is 22.6 Å². The summed E-state index contributed by atoms with van der Waals surface area (Å²) in [4.78, 5) is 13.8. The van der Waals surface area contributed by atoms with Crippen LogP contribution >= 0.6 is 11.3 Å². The highest BCUT2D eigenvalue weighted by molar-refractivity contribution is 7.13. The second-order valence-electron chi connectivity index (χ2n) is 8.78. The first-order valence-corrected chi connectivity index (χ1v) is 12.6. The Morgan fingerprint density at radius 1 is 1.00 bits per heavy atom. The maximum atomic E-state index is 6.20. The molecule has 186 valence electrons. The molecule has 1 N–H and O–H groups in total. The smallest absolute Gasteiger partial charge is 0.188 e. The molecule has 0 radical (unpaired) electrons. The van der Waals surface area contributed by atoms with Gasteiger partial charge < -0.3 is 19.2 Å². The highest BCUT2D eigenvalue weighted by Crippen LogP contribution is 2.37. The van der Waals surface area contributed by atoms with Gasteiger partial charge in [0.15, 0.2) is 16.5 Å². The van der Waals surface area contributed by atoms with Crippen molar-refractivity contribution < 1.29 is 13.9 Å². The molecule has 0 spiro atoms. The van der Waals surface area contributed by atoms with E-state index in [9.17, 15) is 0 Å². The van der Waals surface area contributed by atoms with Crippen molar-refractivity contribution in [2.24, 2.45) is 0 Å². The number of aromatic nitrogens is 5. The van der Waals surface area contributed by atoms with Crippen LogP contribution in [0.3, 0.4) is 0 Å². The first-order valence-electron chi connectivity index (χ1n) is 11.7. The molecule has 6 aromatic rings. The Morgan fingerprint density at radius 3 is 2.73 bits per heavy atom. The molecule has 9 nitrogen and oxygen atoms in total. The average Bonchev–Trinajstić information content (AvgIpc) is 3.59. The fraction of sp³-hybridized carbons (Fsp3) is 0.185. The molecule has 5 aromatic heterocycles. The minimum atomic E-state index is 0.290. The molecule has 1 aromatic carbocycles. The fourth-order valence-corrected chi connectivity index (χ4v) is 4.84. The summed E-state index contributed by atoms with van der Waals surface area (Å²) in [6.07, 6.45) is 1.85. The minimum Gasteiger partial charge on any atom is -0.496 e. The molecule has 0 aliphatic rings. The first kappa shape index (κ1) is 23.0. The molecule has 0 fully saturated rings. The number of hydrogen-bond acceptors (Lipinski definition) is 9. The van der Waals surface area contributed by atoms with E-state index in [4.69, 9.17) is 13.9 Å². The normalized spacial score (nSPS) is 11.4. The fourth-order valence-electron chi connectivity index (χ4n) is 4.14. The summed E-state index contributed by atoms with van der Waals surface area (Å²) in [5, 5.41) is 11.3. The molecule has 10 heteroatoms. The SMILES string of the molecule is COc1cc(OCc2csc(Nc3cc(C)cc(C)n3)n2)c2cc(-c3cn4nc(C)ccc4n3)oc2c1. The molecule has 0 unspecified atom stereocenters. The molecule has 37 heavy (non-hydrogen) atoms. The number of anilines is 2. The zero-order valence-corrected chi connectivity index (χ0v) is 21.6. The van der Waals surface area contributed by atoms with Crippen LogP contribution in [0.15, 0.2) is 58.5 Å². The Morgan fingerprint density at radius 2 is 1.89 bits per heavy atom. The van der Waals surface area contributed by atoms with E-state index in [1.807, 2.05) is 74.8 Å². The number of nitrogens with zero attached hydrogens (tertiary/aromatic N) is 5. The zero-order valence-electron chi connectivity index (χ0n) is 20.8. The van der Waals surface area contributed by atoms with E-state index in [1.165, 1.54) is 11.3 Å². The number of imidazole rings is 1. The molecule has 0 aliphatic carbocycles. The molecular weight excluding hydrogens is 488 g/mol. The summed E-state index contributed by atoms with van der Waals surface area (Å²) in [5.74, 6) is 2.67. The Bertz CT molecular complexity index is 1730. The van der Waals surface area contributed by atoms with Gasteiger partial charge in [-0.3, -0.25) is 0 Å². The Balaban J connectivity index is 1.25. The molecule has 0 bridgehead atoms. The van der Waals surface area contributed by atoms with E-state index in [0.717, 1.165) is 44.6 Å². The lowest BCUT2D eigenvalue weighted by molar-refractivity contribution is 0.303. The number of benzene rings is 1. The monoisotopic (exact) mass is 512 g/mol. The number of hydrogen-bond donors (Lipinski definition) is 1. The van der Waals surface area contributed by atoms with Crippen molar-refractivity contribution in [1.82, 2.24) is 24.6 Å². The van der Waals surface area contributed by atoms with E-state index in [1.54, 1.807) is 11.6 Å². The number of ether oxygens (including phenoxy) is 2. The van der Waals surface area contributed by atoms with Gasteiger partial charge in [0.1, 0.15) is 35.2 Å². The lowest BCUT2D eigenvalue weighted by Gasteiger charge is -2.08. The van der Waals surface area contributed by atoms with Gasteiger partial charge in [-0.2, -0.15) is 5.10 Å². The molecule has 0 aliphatic heterocycles. The quantitative estimate of drug-likeness (QED) is 0.268. The third-order valence-corrected chi connectivity index (χ3v) is 6.58. The van der Waals surface area contributed by atoms with Gasteiger partial charge in [-0.25, -0.2) is 19.5 Å². The number of methoxy groups -OCH3 is 1. The van der Waals surface area contributed by atoms with Crippen molar-refractivity contribution >= 4 is 38.9 Å². The predicted octanol–water partition coefficient (Wildman–Crippen LogP) is 6.25. The predicted molar refractivity (Wildman–Crippen MR) is 143 cm³/mol. The number of furan rings is 1. The molecule has 5 heterocycles. The Hall–Kier alpha value is -4.44. The maximum Gasteiger partial charge on any atom is 0.188 e. The number of aryl methyl sites for hydroxylation is 3. The molecule has 0 saturated carbocycles. The van der Waals surface area contributed by atoms with Crippen molar-refractivity contribution in [2.75, 3.05) is 12.4 Å². The largest absolute Gasteiger partial charge is 0.496 e. The van der Waals surface area contributed by atoms with Gasteiger partial charge in [0, 0.05) is 23.2 Å². The van der Waals surface area contributed by atoms with Crippen LogP contribution in [0.25, 0.3) is 28.1 Å². The molecular formula is C27H24N6O3S. The number of nitrogens with one attached hydrogen (secondary N) is 1. The second-order valence-corrected chi connectivity index (χ2v) is 9.64. The summed E-state index contributed by atoms with van der Waals surface area (Å²) >= 11 is 1.50. The third-order valence-electron chi connectivity index (χ3n) is 5.77. The van der Waals surface area contributed by atoms with Gasteiger partial charge in [0.2, 0.25) is 0 Å². The van der Waals surface area contributed by atoms with Crippen LogP contribution in [0.4, 0.5) is 10.9 Å². The van der Waals surface area contributed by atoms with Crippen molar-refractivity contribution in [3.05, 3.63) is 76.7 Å². The van der Waals surface area contributed by atoms with Crippen molar-refractivity contribution in [3.63, 3.8) is 0 Å². The van der Waals surface area contributed by atoms with Crippen molar-refractivity contribution in [1.29, 1.82) is 0 Å². The van der Waals surface area contributed by atoms with Crippen LogP contribution in [0.5, 0.6) is 11.5 Å². The van der Waals surface area contributed by atoms with Crippen LogP contribution in [-0.4, -0.2) is 31.7 Å². The average molecular weight is 513 g/mol. The molecule has 6 rings (SSSR count). The Kier molecular flexibility index (Phi) is 5.72. The topological polar surface area (TPSA) is 99.6 Å². The number of thiazole rings is 1. The van der Waals surface area contributed by atoms with Crippen LogP contribution in [-0.2, 0) is 6.61 Å². The van der Waals surface area contributed by atoms with E-state index in [-0.39, 0.29) is 0 Å². The van der Waals surface area contributed by atoms with Gasteiger partial charge in [-0.15, -0.1) is 11.3 Å². The van der Waals surface area contributed by atoms with Gasteiger partial charge in [-0.05, 0) is 56.7 Å². The van der Waals surface area contributed by atoms with Gasteiger partial charge in [0.05, 0.1) is 30.1 Å². The summed E-state index contributed by atoms with van der Waals surface area (Å²) in [6.45, 7) is 6.25. The van der Waals surface area contributed by atoms with Crippen LogP contribution < -0.4 is 14.8 Å². The first-order chi connectivity index (χ1) is 17.9. The summed E-state index contributed by atoms with van der Waals surface area (Å²) < 4.78 is 19.6.